The second-order valence-corrected chi connectivity index (χ2v) is 7.25. The fraction of sp³-hybridized carbons (Fsp3) is 0.647. The molecule has 0 aliphatic heterocycles. The minimum Gasteiger partial charge on any atom is -0.317 e. The monoisotopic (exact) mass is 279 g/mol. The number of hydrogen-bond donors (Lipinski definition) is 1. The molecule has 2 heteroatoms. The Morgan fingerprint density at radius 1 is 1.00 bits per heavy atom. The van der Waals surface area contributed by atoms with Crippen molar-refractivity contribution in [1.82, 2.24) is 5.32 Å². The van der Waals surface area contributed by atoms with E-state index in [1.807, 2.05) is 11.8 Å². The van der Waals surface area contributed by atoms with Gasteiger partial charge in [-0.2, -0.15) is 0 Å². The van der Waals surface area contributed by atoms with Crippen LogP contribution in [0.1, 0.15) is 52.5 Å². The van der Waals surface area contributed by atoms with Crippen LogP contribution >= 0.6 is 11.8 Å². The third kappa shape index (κ3) is 7.03. The van der Waals surface area contributed by atoms with Crippen LogP contribution in [0.5, 0.6) is 0 Å². The van der Waals surface area contributed by atoms with Gasteiger partial charge in [-0.25, -0.2) is 0 Å². The highest BCUT2D eigenvalue weighted by Gasteiger charge is 2.12. The molecule has 0 aliphatic carbocycles. The van der Waals surface area contributed by atoms with E-state index in [9.17, 15) is 0 Å². The molecule has 19 heavy (non-hydrogen) atoms. The van der Waals surface area contributed by atoms with E-state index in [-0.39, 0.29) is 5.41 Å². The number of unbranched alkanes of at least 4 members (excludes halogenated alkanes) is 1. The molecule has 0 atom stereocenters. The molecule has 1 rings (SSSR count). The van der Waals surface area contributed by atoms with Gasteiger partial charge in [-0.1, -0.05) is 39.8 Å². The molecule has 0 aliphatic rings. The van der Waals surface area contributed by atoms with Crippen molar-refractivity contribution in [1.29, 1.82) is 0 Å². The molecule has 1 N–H and O–H groups in total. The highest BCUT2D eigenvalue weighted by molar-refractivity contribution is 7.99. The van der Waals surface area contributed by atoms with Crippen molar-refractivity contribution in [2.75, 3.05) is 18.8 Å². The Balaban J connectivity index is 2.20. The van der Waals surface area contributed by atoms with Crippen LogP contribution in [0.25, 0.3) is 0 Å². The van der Waals surface area contributed by atoms with Crippen LogP contribution in [-0.4, -0.2) is 18.8 Å². The van der Waals surface area contributed by atoms with Gasteiger partial charge < -0.3 is 5.32 Å². The SMILES string of the molecule is CCCNCCCCSc1ccc(C(C)(C)C)cc1. The van der Waals surface area contributed by atoms with Gasteiger partial charge in [-0.15, -0.1) is 11.8 Å². The Kier molecular flexibility index (Phi) is 7.55. The Hall–Kier alpha value is -0.470. The van der Waals surface area contributed by atoms with Crippen LogP contribution in [0.2, 0.25) is 0 Å². The van der Waals surface area contributed by atoms with E-state index in [4.69, 9.17) is 0 Å². The van der Waals surface area contributed by atoms with Crippen LogP contribution < -0.4 is 5.32 Å². The first kappa shape index (κ1) is 16.6. The normalized spacial score (nSPS) is 11.8. The van der Waals surface area contributed by atoms with Crippen molar-refractivity contribution < 1.29 is 0 Å². The van der Waals surface area contributed by atoms with Gasteiger partial charge in [-0.05, 0) is 61.2 Å². The molecular weight excluding hydrogens is 250 g/mol. The van der Waals surface area contributed by atoms with Crippen molar-refractivity contribution in [3.8, 4) is 0 Å². The summed E-state index contributed by atoms with van der Waals surface area (Å²) in [6, 6.07) is 9.07. The van der Waals surface area contributed by atoms with Gasteiger partial charge in [0.15, 0.2) is 0 Å². The smallest absolute Gasteiger partial charge is 0.00721 e. The highest BCUT2D eigenvalue weighted by atomic mass is 32.2. The van der Waals surface area contributed by atoms with E-state index in [1.54, 1.807) is 0 Å². The molecule has 0 fully saturated rings. The number of nitrogens with one attached hydrogen (secondary N) is 1. The zero-order chi connectivity index (χ0) is 14.1. The lowest BCUT2D eigenvalue weighted by Gasteiger charge is -2.19. The Labute approximate surface area is 123 Å². The maximum Gasteiger partial charge on any atom is 0.00721 e. The van der Waals surface area contributed by atoms with E-state index < -0.39 is 0 Å². The summed E-state index contributed by atoms with van der Waals surface area (Å²) in [4.78, 5) is 1.40. The second-order valence-electron chi connectivity index (χ2n) is 6.08. The topological polar surface area (TPSA) is 12.0 Å². The number of thioether (sulfide) groups is 1. The molecule has 0 radical (unpaired) electrons. The maximum absolute atomic E-state index is 3.45. The van der Waals surface area contributed by atoms with Crippen LogP contribution in [0, 0.1) is 0 Å². The number of benzene rings is 1. The molecule has 1 aromatic rings. The first-order chi connectivity index (χ1) is 9.04. The average molecular weight is 279 g/mol. The predicted molar refractivity (Wildman–Crippen MR) is 88.3 cm³/mol. The summed E-state index contributed by atoms with van der Waals surface area (Å²) < 4.78 is 0. The van der Waals surface area contributed by atoms with Gasteiger partial charge in [0.1, 0.15) is 0 Å². The van der Waals surface area contributed by atoms with E-state index in [1.165, 1.54) is 35.5 Å². The fourth-order valence-corrected chi connectivity index (χ4v) is 2.81. The number of rotatable bonds is 8. The maximum atomic E-state index is 3.45. The minimum absolute atomic E-state index is 0.258. The summed E-state index contributed by atoms with van der Waals surface area (Å²) in [5.74, 6) is 1.22. The molecule has 0 bridgehead atoms. The van der Waals surface area contributed by atoms with Crippen LogP contribution in [0.3, 0.4) is 0 Å². The molecule has 1 nitrogen and oxygen atoms in total. The molecule has 0 saturated heterocycles. The molecule has 108 valence electrons. The minimum atomic E-state index is 0.258. The van der Waals surface area contributed by atoms with Gasteiger partial charge in [0, 0.05) is 4.90 Å². The lowest BCUT2D eigenvalue weighted by atomic mass is 9.87. The van der Waals surface area contributed by atoms with E-state index in [2.05, 4.69) is 57.3 Å². The standard InChI is InChI=1S/C17H29NS/c1-5-12-18-13-6-7-14-19-16-10-8-15(9-11-16)17(2,3)4/h8-11,18H,5-7,12-14H2,1-4H3. The molecule has 0 aromatic heterocycles. The van der Waals surface area contributed by atoms with Crippen molar-refractivity contribution >= 4 is 11.8 Å². The molecular formula is C17H29NS. The van der Waals surface area contributed by atoms with Crippen molar-refractivity contribution in [2.45, 2.75) is 57.3 Å². The van der Waals surface area contributed by atoms with E-state index in [0.717, 1.165) is 13.1 Å². The predicted octanol–water partition coefficient (Wildman–Crippen LogP) is 4.86. The molecule has 0 heterocycles. The first-order valence-corrected chi connectivity index (χ1v) is 8.46. The summed E-state index contributed by atoms with van der Waals surface area (Å²) in [6.07, 6.45) is 3.81. The summed E-state index contributed by atoms with van der Waals surface area (Å²) in [5.41, 5.74) is 1.68. The molecule has 0 amide bonds. The molecule has 1 aromatic carbocycles. The van der Waals surface area contributed by atoms with Crippen molar-refractivity contribution in [3.05, 3.63) is 29.8 Å². The fourth-order valence-electron chi connectivity index (χ4n) is 1.90. The van der Waals surface area contributed by atoms with Crippen LogP contribution in [-0.2, 0) is 5.41 Å². The molecule has 0 saturated carbocycles. The quantitative estimate of drug-likeness (QED) is 0.539. The Morgan fingerprint density at radius 3 is 2.26 bits per heavy atom. The summed E-state index contributed by atoms with van der Waals surface area (Å²) in [6.45, 7) is 11.3. The van der Waals surface area contributed by atoms with Gasteiger partial charge in [0.25, 0.3) is 0 Å². The second kappa shape index (κ2) is 8.65. The van der Waals surface area contributed by atoms with Gasteiger partial charge in [-0.3, -0.25) is 0 Å². The Bertz CT molecular complexity index is 337. The highest BCUT2D eigenvalue weighted by Crippen LogP contribution is 2.25. The van der Waals surface area contributed by atoms with Gasteiger partial charge in [0.05, 0.1) is 0 Å². The largest absolute Gasteiger partial charge is 0.317 e. The lowest BCUT2D eigenvalue weighted by molar-refractivity contribution is 0.590. The van der Waals surface area contributed by atoms with Crippen molar-refractivity contribution in [2.24, 2.45) is 0 Å². The van der Waals surface area contributed by atoms with Crippen LogP contribution in [0.15, 0.2) is 29.2 Å². The number of hydrogen-bond acceptors (Lipinski definition) is 2. The van der Waals surface area contributed by atoms with E-state index in [0.29, 0.717) is 0 Å². The lowest BCUT2D eigenvalue weighted by Crippen LogP contribution is -2.15. The van der Waals surface area contributed by atoms with Crippen LogP contribution in [0.4, 0.5) is 0 Å². The van der Waals surface area contributed by atoms with Crippen molar-refractivity contribution in [3.63, 3.8) is 0 Å². The zero-order valence-electron chi connectivity index (χ0n) is 13.0. The van der Waals surface area contributed by atoms with E-state index >= 15 is 0 Å². The first-order valence-electron chi connectivity index (χ1n) is 7.48. The molecule has 0 unspecified atom stereocenters. The third-order valence-corrected chi connectivity index (χ3v) is 4.26. The Morgan fingerprint density at radius 2 is 1.68 bits per heavy atom. The summed E-state index contributed by atoms with van der Waals surface area (Å²) in [7, 11) is 0. The van der Waals surface area contributed by atoms with Gasteiger partial charge >= 0.3 is 0 Å². The summed E-state index contributed by atoms with van der Waals surface area (Å²) in [5, 5.41) is 3.45. The molecule has 0 spiro atoms. The average Bonchev–Trinajstić information content (AvgIpc) is 2.37. The van der Waals surface area contributed by atoms with Gasteiger partial charge in [0.2, 0.25) is 0 Å². The summed E-state index contributed by atoms with van der Waals surface area (Å²) >= 11 is 1.98. The zero-order valence-corrected chi connectivity index (χ0v) is 13.8. The third-order valence-electron chi connectivity index (χ3n) is 3.16.